The zero-order valence-electron chi connectivity index (χ0n) is 7.19. The molecular weight excluding hydrogens is 168 g/mol. The number of phenolic OH excluding ortho intramolecular Hbond substituents is 1. The summed E-state index contributed by atoms with van der Waals surface area (Å²) in [4.78, 5) is 11.2. The van der Waals surface area contributed by atoms with Crippen molar-refractivity contribution in [2.75, 3.05) is 6.61 Å². The number of hydrogen-bond donors (Lipinski definition) is 1. The SMILES string of the molecule is [CH2]CCOC(=O)c1ccc(O)cc1. The lowest BCUT2D eigenvalue weighted by Gasteiger charge is -2.02. The van der Waals surface area contributed by atoms with E-state index in [4.69, 9.17) is 9.84 Å². The van der Waals surface area contributed by atoms with Crippen LogP contribution in [0.2, 0.25) is 0 Å². The zero-order valence-corrected chi connectivity index (χ0v) is 7.19. The van der Waals surface area contributed by atoms with Crippen LogP contribution in [0.5, 0.6) is 5.75 Å². The number of esters is 1. The van der Waals surface area contributed by atoms with Gasteiger partial charge in [-0.1, -0.05) is 0 Å². The number of carbonyl (C=O) groups is 1. The number of ether oxygens (including phenoxy) is 1. The number of aromatic hydroxyl groups is 1. The van der Waals surface area contributed by atoms with Gasteiger partial charge in [-0.05, 0) is 37.6 Å². The highest BCUT2D eigenvalue weighted by Gasteiger charge is 2.05. The van der Waals surface area contributed by atoms with E-state index in [2.05, 4.69) is 6.92 Å². The van der Waals surface area contributed by atoms with Crippen molar-refractivity contribution in [1.29, 1.82) is 0 Å². The van der Waals surface area contributed by atoms with E-state index in [-0.39, 0.29) is 11.7 Å². The molecule has 0 unspecified atom stereocenters. The van der Waals surface area contributed by atoms with Gasteiger partial charge in [-0.2, -0.15) is 0 Å². The molecule has 0 spiro atoms. The van der Waals surface area contributed by atoms with Gasteiger partial charge < -0.3 is 9.84 Å². The molecule has 0 amide bonds. The number of rotatable bonds is 3. The van der Waals surface area contributed by atoms with Crippen LogP contribution in [0, 0.1) is 6.92 Å². The largest absolute Gasteiger partial charge is 0.508 e. The van der Waals surface area contributed by atoms with Crippen molar-refractivity contribution in [3.05, 3.63) is 36.8 Å². The number of carbonyl (C=O) groups excluding carboxylic acids is 1. The maximum Gasteiger partial charge on any atom is 0.338 e. The molecule has 1 radical (unpaired) electrons. The van der Waals surface area contributed by atoms with E-state index >= 15 is 0 Å². The second-order valence-corrected chi connectivity index (χ2v) is 2.54. The molecule has 0 aromatic heterocycles. The summed E-state index contributed by atoms with van der Waals surface area (Å²) < 4.78 is 4.83. The predicted octanol–water partition coefficient (Wildman–Crippen LogP) is 1.77. The first kappa shape index (κ1) is 9.58. The van der Waals surface area contributed by atoms with Gasteiger partial charge >= 0.3 is 5.97 Å². The van der Waals surface area contributed by atoms with Crippen molar-refractivity contribution < 1.29 is 14.6 Å². The van der Waals surface area contributed by atoms with Crippen LogP contribution in [-0.4, -0.2) is 17.7 Å². The first-order chi connectivity index (χ1) is 6.24. The van der Waals surface area contributed by atoms with E-state index < -0.39 is 0 Å². The highest BCUT2D eigenvalue weighted by atomic mass is 16.5. The van der Waals surface area contributed by atoms with Crippen molar-refractivity contribution in [2.24, 2.45) is 0 Å². The maximum atomic E-state index is 11.2. The second-order valence-electron chi connectivity index (χ2n) is 2.54. The third kappa shape index (κ3) is 2.78. The van der Waals surface area contributed by atoms with E-state index in [0.717, 1.165) is 0 Å². The smallest absolute Gasteiger partial charge is 0.338 e. The molecule has 0 aliphatic rings. The lowest BCUT2D eigenvalue weighted by Crippen LogP contribution is -2.05. The summed E-state index contributed by atoms with van der Waals surface area (Å²) in [6.07, 6.45) is 0.559. The molecule has 69 valence electrons. The number of phenols is 1. The van der Waals surface area contributed by atoms with Crippen LogP contribution in [0.1, 0.15) is 16.8 Å². The highest BCUT2D eigenvalue weighted by Crippen LogP contribution is 2.10. The Hall–Kier alpha value is -1.51. The fourth-order valence-corrected chi connectivity index (χ4v) is 0.846. The Morgan fingerprint density at radius 3 is 2.54 bits per heavy atom. The molecule has 13 heavy (non-hydrogen) atoms. The van der Waals surface area contributed by atoms with Crippen molar-refractivity contribution >= 4 is 5.97 Å². The van der Waals surface area contributed by atoms with Crippen LogP contribution in [0.15, 0.2) is 24.3 Å². The van der Waals surface area contributed by atoms with Crippen LogP contribution >= 0.6 is 0 Å². The first-order valence-electron chi connectivity index (χ1n) is 3.99. The average molecular weight is 179 g/mol. The van der Waals surface area contributed by atoms with Gasteiger partial charge in [0.15, 0.2) is 0 Å². The summed E-state index contributed by atoms with van der Waals surface area (Å²) in [5, 5.41) is 8.95. The Bertz CT molecular complexity index is 277. The van der Waals surface area contributed by atoms with Gasteiger partial charge in [0.25, 0.3) is 0 Å². The lowest BCUT2D eigenvalue weighted by molar-refractivity contribution is 0.0511. The van der Waals surface area contributed by atoms with E-state index in [1.165, 1.54) is 24.3 Å². The molecule has 0 heterocycles. The van der Waals surface area contributed by atoms with Gasteiger partial charge in [-0.3, -0.25) is 0 Å². The molecular formula is C10H11O3. The van der Waals surface area contributed by atoms with E-state index in [1.807, 2.05) is 0 Å². The molecule has 1 aromatic carbocycles. The van der Waals surface area contributed by atoms with Crippen molar-refractivity contribution in [1.82, 2.24) is 0 Å². The summed E-state index contributed by atoms with van der Waals surface area (Å²) in [6, 6.07) is 5.92. The molecule has 0 saturated heterocycles. The van der Waals surface area contributed by atoms with Gasteiger partial charge in [0.05, 0.1) is 12.2 Å². The Labute approximate surface area is 77.0 Å². The summed E-state index contributed by atoms with van der Waals surface area (Å²) in [6.45, 7) is 3.87. The van der Waals surface area contributed by atoms with Gasteiger partial charge in [0.1, 0.15) is 5.75 Å². The Balaban J connectivity index is 2.61. The number of hydrogen-bond acceptors (Lipinski definition) is 3. The van der Waals surface area contributed by atoms with E-state index in [9.17, 15) is 4.79 Å². The summed E-state index contributed by atoms with van der Waals surface area (Å²) >= 11 is 0. The molecule has 1 aromatic rings. The second kappa shape index (κ2) is 4.50. The minimum atomic E-state index is -0.386. The van der Waals surface area contributed by atoms with Gasteiger partial charge in [-0.25, -0.2) is 4.79 Å². The molecule has 3 nitrogen and oxygen atoms in total. The molecule has 3 heteroatoms. The van der Waals surface area contributed by atoms with Crippen LogP contribution in [0.4, 0.5) is 0 Å². The molecule has 1 N–H and O–H groups in total. The van der Waals surface area contributed by atoms with Crippen LogP contribution in [0.3, 0.4) is 0 Å². The third-order valence-corrected chi connectivity index (χ3v) is 1.48. The van der Waals surface area contributed by atoms with Crippen LogP contribution in [0.25, 0.3) is 0 Å². The Kier molecular flexibility index (Phi) is 3.31. The molecule has 0 aliphatic carbocycles. The Morgan fingerprint density at radius 1 is 1.38 bits per heavy atom. The molecule has 1 rings (SSSR count). The van der Waals surface area contributed by atoms with E-state index in [0.29, 0.717) is 18.6 Å². The van der Waals surface area contributed by atoms with Gasteiger partial charge in [-0.15, -0.1) is 0 Å². The van der Waals surface area contributed by atoms with Gasteiger partial charge in [0, 0.05) is 0 Å². The molecule has 0 atom stereocenters. The summed E-state index contributed by atoms with van der Waals surface area (Å²) in [5.74, 6) is -0.252. The summed E-state index contributed by atoms with van der Waals surface area (Å²) in [5.41, 5.74) is 0.436. The molecule has 0 aliphatic heterocycles. The standard InChI is InChI=1S/C10H11O3/c1-2-7-13-10(12)8-3-5-9(11)6-4-8/h3-6,11H,1-2,7H2. The fourth-order valence-electron chi connectivity index (χ4n) is 0.846. The minimum absolute atomic E-state index is 0.133. The monoisotopic (exact) mass is 179 g/mol. The minimum Gasteiger partial charge on any atom is -0.508 e. The lowest BCUT2D eigenvalue weighted by atomic mass is 10.2. The normalized spacial score (nSPS) is 9.62. The van der Waals surface area contributed by atoms with Crippen molar-refractivity contribution in [3.8, 4) is 5.75 Å². The quantitative estimate of drug-likeness (QED) is 0.719. The fraction of sp³-hybridized carbons (Fsp3) is 0.200. The highest BCUT2D eigenvalue weighted by molar-refractivity contribution is 5.89. The van der Waals surface area contributed by atoms with Gasteiger partial charge in [0.2, 0.25) is 0 Å². The molecule has 0 bridgehead atoms. The van der Waals surface area contributed by atoms with Crippen LogP contribution < -0.4 is 0 Å². The number of benzene rings is 1. The maximum absolute atomic E-state index is 11.2. The van der Waals surface area contributed by atoms with Crippen molar-refractivity contribution in [3.63, 3.8) is 0 Å². The Morgan fingerprint density at radius 2 is 2.00 bits per heavy atom. The average Bonchev–Trinajstić information content (AvgIpc) is 2.15. The summed E-state index contributed by atoms with van der Waals surface area (Å²) in [7, 11) is 0. The first-order valence-corrected chi connectivity index (χ1v) is 3.99. The van der Waals surface area contributed by atoms with Crippen molar-refractivity contribution in [2.45, 2.75) is 6.42 Å². The molecule has 0 saturated carbocycles. The van der Waals surface area contributed by atoms with Crippen LogP contribution in [-0.2, 0) is 4.74 Å². The zero-order chi connectivity index (χ0) is 9.68. The topological polar surface area (TPSA) is 46.5 Å². The third-order valence-electron chi connectivity index (χ3n) is 1.48. The predicted molar refractivity (Wildman–Crippen MR) is 48.4 cm³/mol. The molecule has 0 fully saturated rings. The van der Waals surface area contributed by atoms with E-state index in [1.54, 1.807) is 0 Å².